The molecule has 1 nitrogen and oxygen atoms in total. The van der Waals surface area contributed by atoms with Gasteiger partial charge in [0.2, 0.25) is 0 Å². The smallest absolute Gasteiger partial charge is 0.300 e. The van der Waals surface area contributed by atoms with E-state index in [0.29, 0.717) is 12.8 Å². The van der Waals surface area contributed by atoms with Crippen LogP contribution in [0.5, 0.6) is 0 Å². The zero-order valence-corrected chi connectivity index (χ0v) is 9.96. The number of carbonyl (C=O) groups excluding carboxylic acids is 1. The minimum absolute atomic E-state index is 0.0854. The van der Waals surface area contributed by atoms with Gasteiger partial charge in [-0.25, -0.2) is 0 Å². The molecule has 1 saturated carbocycles. The summed E-state index contributed by atoms with van der Waals surface area (Å²) in [6.45, 7) is 0. The van der Waals surface area contributed by atoms with Crippen molar-refractivity contribution in [3.63, 3.8) is 0 Å². The van der Waals surface area contributed by atoms with Crippen molar-refractivity contribution in [2.24, 2.45) is 0 Å². The molecule has 2 rings (SSSR count). The Morgan fingerprint density at radius 2 is 1.72 bits per heavy atom. The summed E-state index contributed by atoms with van der Waals surface area (Å²) >= 11 is 0. The lowest BCUT2D eigenvalue weighted by Gasteiger charge is -2.15. The third-order valence-corrected chi connectivity index (χ3v) is 3.44. The van der Waals surface area contributed by atoms with Crippen LogP contribution in [0.3, 0.4) is 0 Å². The van der Waals surface area contributed by atoms with Crippen LogP contribution >= 0.6 is 0 Å². The van der Waals surface area contributed by atoms with Gasteiger partial charge in [-0.05, 0) is 36.5 Å². The standard InChI is InChI=1S/C14H15F3O/c15-14(16,17)12-7-5-10(6-8-12)11-3-1-2-4-13(18)9-11/h5-8,11H,1-4,9H2. The quantitative estimate of drug-likeness (QED) is 0.684. The van der Waals surface area contributed by atoms with Crippen molar-refractivity contribution in [2.75, 3.05) is 0 Å². The fraction of sp³-hybridized carbons (Fsp3) is 0.500. The average molecular weight is 256 g/mol. The number of hydrogen-bond donors (Lipinski definition) is 0. The normalized spacial score (nSPS) is 21.7. The minimum Gasteiger partial charge on any atom is -0.300 e. The molecule has 0 spiro atoms. The topological polar surface area (TPSA) is 17.1 Å². The van der Waals surface area contributed by atoms with E-state index in [2.05, 4.69) is 0 Å². The predicted molar refractivity (Wildman–Crippen MR) is 62.3 cm³/mol. The van der Waals surface area contributed by atoms with Gasteiger partial charge in [0.25, 0.3) is 0 Å². The van der Waals surface area contributed by atoms with Gasteiger partial charge in [0.15, 0.2) is 0 Å². The Morgan fingerprint density at radius 1 is 1.06 bits per heavy atom. The van der Waals surface area contributed by atoms with Crippen molar-refractivity contribution in [1.82, 2.24) is 0 Å². The number of carbonyl (C=O) groups is 1. The number of halogens is 3. The molecule has 0 heterocycles. The lowest BCUT2D eigenvalue weighted by Crippen LogP contribution is -2.07. The predicted octanol–water partition coefficient (Wildman–Crippen LogP) is 4.32. The first-order valence-electron chi connectivity index (χ1n) is 6.15. The van der Waals surface area contributed by atoms with E-state index in [1.165, 1.54) is 12.1 Å². The van der Waals surface area contributed by atoms with Crippen LogP contribution in [0.2, 0.25) is 0 Å². The molecule has 0 bridgehead atoms. The van der Waals surface area contributed by atoms with E-state index in [1.54, 1.807) is 0 Å². The maximum Gasteiger partial charge on any atom is 0.416 e. The molecule has 1 unspecified atom stereocenters. The molecule has 0 amide bonds. The molecule has 0 radical (unpaired) electrons. The molecule has 0 aliphatic heterocycles. The molecule has 0 saturated heterocycles. The number of benzene rings is 1. The van der Waals surface area contributed by atoms with E-state index in [0.717, 1.165) is 37.0 Å². The lowest BCUT2D eigenvalue weighted by atomic mass is 9.91. The molecule has 1 aliphatic carbocycles. The molecule has 98 valence electrons. The number of ketones is 1. The van der Waals surface area contributed by atoms with E-state index >= 15 is 0 Å². The second kappa shape index (κ2) is 5.12. The molecule has 1 aromatic carbocycles. The second-order valence-electron chi connectivity index (χ2n) is 4.81. The number of Topliss-reactive ketones (excluding diaryl/α,β-unsaturated/α-hetero) is 1. The van der Waals surface area contributed by atoms with Gasteiger partial charge in [0.05, 0.1) is 5.56 Å². The molecule has 1 fully saturated rings. The maximum absolute atomic E-state index is 12.4. The van der Waals surface area contributed by atoms with E-state index in [4.69, 9.17) is 0 Å². The summed E-state index contributed by atoms with van der Waals surface area (Å²) in [4.78, 5) is 11.5. The van der Waals surface area contributed by atoms with Crippen LogP contribution in [0.15, 0.2) is 24.3 Å². The van der Waals surface area contributed by atoms with Crippen LogP contribution < -0.4 is 0 Å². The number of rotatable bonds is 1. The van der Waals surface area contributed by atoms with Crippen LogP contribution in [-0.4, -0.2) is 5.78 Å². The fourth-order valence-electron chi connectivity index (χ4n) is 2.42. The van der Waals surface area contributed by atoms with Crippen LogP contribution in [0.25, 0.3) is 0 Å². The monoisotopic (exact) mass is 256 g/mol. The van der Waals surface area contributed by atoms with Gasteiger partial charge >= 0.3 is 6.18 Å². The van der Waals surface area contributed by atoms with Crippen LogP contribution in [0.4, 0.5) is 13.2 Å². The Morgan fingerprint density at radius 3 is 2.33 bits per heavy atom. The summed E-state index contributed by atoms with van der Waals surface area (Å²) in [5.74, 6) is 0.305. The molecule has 1 aliphatic rings. The maximum atomic E-state index is 12.4. The first kappa shape index (κ1) is 13.1. The van der Waals surface area contributed by atoms with Crippen LogP contribution in [0, 0.1) is 0 Å². The molecule has 0 aromatic heterocycles. The third kappa shape index (κ3) is 3.12. The zero-order chi connectivity index (χ0) is 13.2. The van der Waals surface area contributed by atoms with Gasteiger partial charge in [-0.2, -0.15) is 13.2 Å². The number of hydrogen-bond acceptors (Lipinski definition) is 1. The summed E-state index contributed by atoms with van der Waals surface area (Å²) in [7, 11) is 0. The molecular formula is C14H15F3O. The van der Waals surface area contributed by atoms with Crippen molar-refractivity contribution in [3.8, 4) is 0 Å². The summed E-state index contributed by atoms with van der Waals surface area (Å²) in [6, 6.07) is 5.22. The van der Waals surface area contributed by atoms with Crippen molar-refractivity contribution >= 4 is 5.78 Å². The summed E-state index contributed by atoms with van der Waals surface area (Å²) in [6.07, 6.45) is -0.467. The van der Waals surface area contributed by atoms with Gasteiger partial charge in [0.1, 0.15) is 5.78 Å². The lowest BCUT2D eigenvalue weighted by molar-refractivity contribution is -0.137. The number of alkyl halides is 3. The highest BCUT2D eigenvalue weighted by Crippen LogP contribution is 2.33. The van der Waals surface area contributed by atoms with E-state index in [1.807, 2.05) is 0 Å². The van der Waals surface area contributed by atoms with Gasteiger partial charge in [-0.3, -0.25) is 4.79 Å². The van der Waals surface area contributed by atoms with Gasteiger partial charge in [-0.1, -0.05) is 18.6 Å². The molecule has 1 aromatic rings. The highest BCUT2D eigenvalue weighted by Gasteiger charge is 2.30. The Balaban J connectivity index is 2.16. The van der Waals surface area contributed by atoms with E-state index < -0.39 is 11.7 Å². The second-order valence-corrected chi connectivity index (χ2v) is 4.81. The molecule has 1 atom stereocenters. The molecule has 4 heteroatoms. The van der Waals surface area contributed by atoms with Gasteiger partial charge in [0, 0.05) is 12.8 Å². The summed E-state index contributed by atoms with van der Waals surface area (Å²) in [5, 5.41) is 0. The zero-order valence-electron chi connectivity index (χ0n) is 9.96. The van der Waals surface area contributed by atoms with Crippen molar-refractivity contribution in [3.05, 3.63) is 35.4 Å². The third-order valence-electron chi connectivity index (χ3n) is 3.44. The Bertz CT molecular complexity index is 420. The summed E-state index contributed by atoms with van der Waals surface area (Å²) in [5.41, 5.74) is 0.212. The first-order valence-corrected chi connectivity index (χ1v) is 6.15. The van der Waals surface area contributed by atoms with Gasteiger partial charge < -0.3 is 0 Å². The SMILES string of the molecule is O=C1CCCCC(c2ccc(C(F)(F)F)cc2)C1. The van der Waals surface area contributed by atoms with Crippen LogP contribution in [0.1, 0.15) is 49.1 Å². The van der Waals surface area contributed by atoms with E-state index in [-0.39, 0.29) is 11.7 Å². The van der Waals surface area contributed by atoms with E-state index in [9.17, 15) is 18.0 Å². The van der Waals surface area contributed by atoms with Crippen molar-refractivity contribution in [1.29, 1.82) is 0 Å². The molecule has 18 heavy (non-hydrogen) atoms. The van der Waals surface area contributed by atoms with Crippen LogP contribution in [-0.2, 0) is 11.0 Å². The molecular weight excluding hydrogens is 241 g/mol. The Labute approximate surface area is 104 Å². The highest BCUT2D eigenvalue weighted by molar-refractivity contribution is 5.79. The van der Waals surface area contributed by atoms with Crippen molar-refractivity contribution in [2.45, 2.75) is 44.2 Å². The Kier molecular flexibility index (Phi) is 3.73. The largest absolute Gasteiger partial charge is 0.416 e. The van der Waals surface area contributed by atoms with Gasteiger partial charge in [-0.15, -0.1) is 0 Å². The summed E-state index contributed by atoms with van der Waals surface area (Å²) < 4.78 is 37.3. The molecule has 0 N–H and O–H groups in total. The van der Waals surface area contributed by atoms with Crippen molar-refractivity contribution < 1.29 is 18.0 Å². The average Bonchev–Trinajstić information content (AvgIpc) is 2.53. The first-order chi connectivity index (χ1) is 8.47. The Hall–Kier alpha value is -1.32. The minimum atomic E-state index is -4.29. The highest BCUT2D eigenvalue weighted by atomic mass is 19.4. The fourth-order valence-corrected chi connectivity index (χ4v) is 2.42.